The highest BCUT2D eigenvalue weighted by atomic mass is 16.2. The fraction of sp³-hybridized carbons (Fsp3) is 0.588. The van der Waals surface area contributed by atoms with Crippen molar-refractivity contribution in [2.75, 3.05) is 27.2 Å². The molecule has 1 aromatic heterocycles. The summed E-state index contributed by atoms with van der Waals surface area (Å²) in [7, 11) is 3.47. The molecule has 6 nitrogen and oxygen atoms in total. The van der Waals surface area contributed by atoms with E-state index in [2.05, 4.69) is 9.88 Å². The van der Waals surface area contributed by atoms with E-state index in [1.807, 2.05) is 29.4 Å². The summed E-state index contributed by atoms with van der Waals surface area (Å²) in [4.78, 5) is 34.2. The zero-order valence-corrected chi connectivity index (χ0v) is 13.8. The van der Waals surface area contributed by atoms with Crippen LogP contribution in [0.2, 0.25) is 0 Å². The standard InChI is InChI=1S/C17H24N4O2/c1-19(2)17(23)12-21-15-7-10-20(14(15)3-4-16(21)22)11-13-5-8-18-9-6-13/h5-6,8-9,14-15H,3-4,7,10-12H2,1-2H3/t14-,15-/m1/s1. The highest BCUT2D eigenvalue weighted by Gasteiger charge is 2.43. The lowest BCUT2D eigenvalue weighted by Gasteiger charge is -2.39. The molecular formula is C17H24N4O2. The van der Waals surface area contributed by atoms with Crippen molar-refractivity contribution < 1.29 is 9.59 Å². The molecule has 0 unspecified atom stereocenters. The van der Waals surface area contributed by atoms with Crippen molar-refractivity contribution >= 4 is 11.8 Å². The minimum absolute atomic E-state index is 0.00779. The average Bonchev–Trinajstić information content (AvgIpc) is 2.94. The Balaban J connectivity index is 1.69. The lowest BCUT2D eigenvalue weighted by atomic mass is 9.96. The molecule has 23 heavy (non-hydrogen) atoms. The SMILES string of the molecule is CN(C)C(=O)CN1C(=O)CC[C@@H]2[C@H]1CCN2Cc1ccncc1. The number of amides is 2. The molecular weight excluding hydrogens is 292 g/mol. The third-order valence-electron chi connectivity index (χ3n) is 4.94. The Kier molecular flexibility index (Phi) is 4.61. The predicted octanol–water partition coefficient (Wildman–Crippen LogP) is 0.735. The Labute approximate surface area is 137 Å². The molecule has 0 spiro atoms. The molecule has 0 aromatic carbocycles. The number of nitrogens with zero attached hydrogens (tertiary/aromatic N) is 4. The quantitative estimate of drug-likeness (QED) is 0.822. The molecule has 6 heteroatoms. The van der Waals surface area contributed by atoms with Gasteiger partial charge in [0.25, 0.3) is 0 Å². The van der Waals surface area contributed by atoms with E-state index in [1.54, 1.807) is 19.0 Å². The molecule has 0 N–H and O–H groups in total. The number of pyridine rings is 1. The minimum atomic E-state index is -0.00779. The van der Waals surface area contributed by atoms with E-state index < -0.39 is 0 Å². The summed E-state index contributed by atoms with van der Waals surface area (Å²) in [5.74, 6) is 0.110. The van der Waals surface area contributed by atoms with E-state index in [-0.39, 0.29) is 24.4 Å². The minimum Gasteiger partial charge on any atom is -0.347 e. The third kappa shape index (κ3) is 3.37. The molecule has 0 aliphatic carbocycles. The van der Waals surface area contributed by atoms with Gasteiger partial charge >= 0.3 is 0 Å². The fourth-order valence-electron chi connectivity index (χ4n) is 3.65. The summed E-state index contributed by atoms with van der Waals surface area (Å²) < 4.78 is 0. The Morgan fingerprint density at radius 2 is 2.00 bits per heavy atom. The van der Waals surface area contributed by atoms with Gasteiger partial charge in [0.05, 0.1) is 0 Å². The van der Waals surface area contributed by atoms with Crippen LogP contribution in [-0.4, -0.2) is 70.8 Å². The molecule has 2 fully saturated rings. The normalized spacial score (nSPS) is 24.6. The van der Waals surface area contributed by atoms with E-state index in [1.165, 1.54) is 5.56 Å². The molecule has 0 saturated carbocycles. The number of aromatic nitrogens is 1. The molecule has 0 radical (unpaired) electrons. The lowest BCUT2D eigenvalue weighted by Crippen LogP contribution is -2.54. The maximum Gasteiger partial charge on any atom is 0.241 e. The first-order valence-electron chi connectivity index (χ1n) is 8.19. The van der Waals surface area contributed by atoms with Crippen LogP contribution in [0.1, 0.15) is 24.8 Å². The summed E-state index contributed by atoms with van der Waals surface area (Å²) in [6.07, 6.45) is 6.00. The number of likely N-dealkylation sites (N-methyl/N-ethyl adjacent to an activating group) is 1. The first-order valence-corrected chi connectivity index (χ1v) is 8.19. The molecule has 2 amide bonds. The summed E-state index contributed by atoms with van der Waals surface area (Å²) in [6, 6.07) is 4.60. The number of fused-ring (bicyclic) bond motifs is 1. The monoisotopic (exact) mass is 316 g/mol. The number of likely N-dealkylation sites (tertiary alicyclic amines) is 2. The van der Waals surface area contributed by atoms with Crippen molar-refractivity contribution in [2.24, 2.45) is 0 Å². The van der Waals surface area contributed by atoms with Gasteiger partial charge in [0.15, 0.2) is 0 Å². The summed E-state index contributed by atoms with van der Waals surface area (Å²) in [5.41, 5.74) is 1.24. The molecule has 2 atom stereocenters. The zero-order valence-electron chi connectivity index (χ0n) is 13.8. The largest absolute Gasteiger partial charge is 0.347 e. The Bertz CT molecular complexity index is 575. The van der Waals surface area contributed by atoms with Crippen LogP contribution in [-0.2, 0) is 16.1 Å². The Morgan fingerprint density at radius 3 is 2.70 bits per heavy atom. The summed E-state index contributed by atoms with van der Waals surface area (Å²) >= 11 is 0. The first kappa shape index (κ1) is 15.9. The van der Waals surface area contributed by atoms with Crippen LogP contribution in [0.25, 0.3) is 0 Å². The van der Waals surface area contributed by atoms with Crippen molar-refractivity contribution in [2.45, 2.75) is 37.9 Å². The van der Waals surface area contributed by atoms with E-state index in [9.17, 15) is 9.59 Å². The van der Waals surface area contributed by atoms with E-state index >= 15 is 0 Å². The molecule has 3 rings (SSSR count). The lowest BCUT2D eigenvalue weighted by molar-refractivity contribution is -0.144. The van der Waals surface area contributed by atoms with Gasteiger partial charge in [-0.05, 0) is 30.5 Å². The molecule has 124 valence electrons. The van der Waals surface area contributed by atoms with Crippen LogP contribution in [0.3, 0.4) is 0 Å². The predicted molar refractivity (Wildman–Crippen MR) is 86.5 cm³/mol. The Morgan fingerprint density at radius 1 is 1.26 bits per heavy atom. The summed E-state index contributed by atoms with van der Waals surface area (Å²) in [5, 5.41) is 0. The van der Waals surface area contributed by atoms with Crippen molar-refractivity contribution in [3.63, 3.8) is 0 Å². The fourth-order valence-corrected chi connectivity index (χ4v) is 3.65. The maximum absolute atomic E-state index is 12.3. The van der Waals surface area contributed by atoms with Gasteiger partial charge in [0.2, 0.25) is 11.8 Å². The smallest absolute Gasteiger partial charge is 0.241 e. The van der Waals surface area contributed by atoms with Gasteiger partial charge in [0, 0.05) is 58.1 Å². The number of carbonyl (C=O) groups excluding carboxylic acids is 2. The van der Waals surface area contributed by atoms with Crippen molar-refractivity contribution in [1.29, 1.82) is 0 Å². The topological polar surface area (TPSA) is 56.8 Å². The molecule has 1 aromatic rings. The van der Waals surface area contributed by atoms with Gasteiger partial charge in [-0.1, -0.05) is 0 Å². The third-order valence-corrected chi connectivity index (χ3v) is 4.94. The van der Waals surface area contributed by atoms with Crippen LogP contribution < -0.4 is 0 Å². The first-order chi connectivity index (χ1) is 11.1. The number of hydrogen-bond donors (Lipinski definition) is 0. The van der Waals surface area contributed by atoms with Crippen LogP contribution in [0.4, 0.5) is 0 Å². The van der Waals surface area contributed by atoms with Gasteiger partial charge in [0.1, 0.15) is 6.54 Å². The zero-order chi connectivity index (χ0) is 16.4. The highest BCUT2D eigenvalue weighted by molar-refractivity contribution is 5.85. The van der Waals surface area contributed by atoms with Gasteiger partial charge in [-0.3, -0.25) is 19.5 Å². The second-order valence-corrected chi connectivity index (χ2v) is 6.60. The van der Waals surface area contributed by atoms with Gasteiger partial charge in [-0.15, -0.1) is 0 Å². The van der Waals surface area contributed by atoms with E-state index in [0.717, 1.165) is 25.9 Å². The molecule has 2 saturated heterocycles. The van der Waals surface area contributed by atoms with Gasteiger partial charge in [-0.2, -0.15) is 0 Å². The van der Waals surface area contributed by atoms with Crippen molar-refractivity contribution in [1.82, 2.24) is 19.7 Å². The number of hydrogen-bond acceptors (Lipinski definition) is 4. The molecule has 2 aliphatic rings. The highest BCUT2D eigenvalue weighted by Crippen LogP contribution is 2.32. The summed E-state index contributed by atoms with van der Waals surface area (Å²) in [6.45, 7) is 2.06. The second kappa shape index (κ2) is 6.66. The average molecular weight is 316 g/mol. The van der Waals surface area contributed by atoms with E-state index in [0.29, 0.717) is 12.5 Å². The second-order valence-electron chi connectivity index (χ2n) is 6.60. The number of piperidine rings is 1. The van der Waals surface area contributed by atoms with Crippen LogP contribution >= 0.6 is 0 Å². The van der Waals surface area contributed by atoms with Gasteiger partial charge < -0.3 is 9.80 Å². The van der Waals surface area contributed by atoms with Gasteiger partial charge in [-0.25, -0.2) is 0 Å². The van der Waals surface area contributed by atoms with Crippen LogP contribution in [0, 0.1) is 0 Å². The molecule has 0 bridgehead atoms. The van der Waals surface area contributed by atoms with Crippen LogP contribution in [0.15, 0.2) is 24.5 Å². The van der Waals surface area contributed by atoms with E-state index in [4.69, 9.17) is 0 Å². The van der Waals surface area contributed by atoms with Crippen molar-refractivity contribution in [3.8, 4) is 0 Å². The maximum atomic E-state index is 12.3. The van der Waals surface area contributed by atoms with Crippen molar-refractivity contribution in [3.05, 3.63) is 30.1 Å². The Hall–Kier alpha value is -1.95. The number of rotatable bonds is 4. The number of carbonyl (C=O) groups is 2. The molecule has 2 aliphatic heterocycles. The molecule has 3 heterocycles. The van der Waals surface area contributed by atoms with Crippen LogP contribution in [0.5, 0.6) is 0 Å².